The topological polar surface area (TPSA) is 111 Å². The minimum atomic E-state index is -3.75. The number of carbonyl (C=O) groups is 1. The predicted octanol–water partition coefficient (Wildman–Crippen LogP) is 3.80. The lowest BCUT2D eigenvalue weighted by atomic mass is 10.2. The smallest absolute Gasteiger partial charge is 0.250 e. The van der Waals surface area contributed by atoms with Gasteiger partial charge in [-0.3, -0.25) is 14.4 Å². The van der Waals surface area contributed by atoms with Gasteiger partial charge in [0.05, 0.1) is 25.7 Å². The minimum Gasteiger partial charge on any atom is -0.497 e. The molecule has 0 aliphatic heterocycles. The lowest BCUT2D eigenvalue weighted by Gasteiger charge is -2.29. The van der Waals surface area contributed by atoms with Crippen molar-refractivity contribution in [3.05, 3.63) is 48.5 Å². The average Bonchev–Trinajstić information content (AvgIpc) is 3.26. The Morgan fingerprint density at radius 1 is 1.06 bits per heavy atom. The summed E-state index contributed by atoms with van der Waals surface area (Å²) < 4.78 is 36.9. The van der Waals surface area contributed by atoms with E-state index < -0.39 is 22.0 Å². The van der Waals surface area contributed by atoms with Crippen LogP contribution >= 0.6 is 11.3 Å². The molecule has 1 aromatic heterocycles. The molecule has 1 atom stereocenters. The molecule has 3 aromatic rings. The number of hydrogen-bond acceptors (Lipinski definition) is 8. The molecule has 0 saturated carbocycles. The number of rotatable bonds is 10. The zero-order valence-corrected chi connectivity index (χ0v) is 20.4. The molecule has 1 N–H and O–H groups in total. The number of anilines is 2. The number of nitrogens with one attached hydrogen (secondary N) is 1. The summed E-state index contributed by atoms with van der Waals surface area (Å²) in [5.41, 5.74) is 1.20. The largest absolute Gasteiger partial charge is 0.497 e. The Balaban J connectivity index is 1.81. The van der Waals surface area contributed by atoms with Crippen LogP contribution in [0.3, 0.4) is 0 Å². The Labute approximate surface area is 197 Å². The molecular weight excluding hydrogens is 464 g/mol. The molecule has 0 spiro atoms. The van der Waals surface area contributed by atoms with E-state index in [9.17, 15) is 13.2 Å². The van der Waals surface area contributed by atoms with E-state index in [1.165, 1.54) is 11.3 Å². The first-order valence-electron chi connectivity index (χ1n) is 10.3. The summed E-state index contributed by atoms with van der Waals surface area (Å²) in [6.07, 6.45) is 1.34. The third-order valence-corrected chi connectivity index (χ3v) is 6.79. The van der Waals surface area contributed by atoms with Gasteiger partial charge < -0.3 is 9.47 Å². The normalized spacial score (nSPS) is 12.1. The highest BCUT2D eigenvalue weighted by Gasteiger charge is 2.32. The molecule has 9 nitrogen and oxygen atoms in total. The van der Waals surface area contributed by atoms with Gasteiger partial charge in [0.15, 0.2) is 0 Å². The van der Waals surface area contributed by atoms with Crippen LogP contribution in [0, 0.1) is 0 Å². The van der Waals surface area contributed by atoms with Crippen LogP contribution in [0.25, 0.3) is 10.6 Å². The van der Waals surface area contributed by atoms with E-state index in [1.54, 1.807) is 38.3 Å². The van der Waals surface area contributed by atoms with Crippen molar-refractivity contribution in [2.24, 2.45) is 0 Å². The van der Waals surface area contributed by atoms with Crippen LogP contribution in [0.15, 0.2) is 48.5 Å². The number of hydrogen-bond donors (Lipinski definition) is 1. The molecule has 0 aliphatic rings. The molecule has 2 aromatic carbocycles. The minimum absolute atomic E-state index is 0.260. The Morgan fingerprint density at radius 3 is 2.24 bits per heavy atom. The van der Waals surface area contributed by atoms with Crippen molar-refractivity contribution in [3.63, 3.8) is 0 Å². The van der Waals surface area contributed by atoms with Gasteiger partial charge in [-0.25, -0.2) is 8.42 Å². The summed E-state index contributed by atoms with van der Waals surface area (Å²) >= 11 is 1.20. The number of methoxy groups -OCH3 is 1. The highest BCUT2D eigenvalue weighted by Crippen LogP contribution is 2.29. The van der Waals surface area contributed by atoms with Gasteiger partial charge in [-0.15, -0.1) is 10.2 Å². The fourth-order valence-electron chi connectivity index (χ4n) is 3.23. The molecule has 3 rings (SSSR count). The first-order chi connectivity index (χ1) is 15.8. The Morgan fingerprint density at radius 2 is 1.70 bits per heavy atom. The van der Waals surface area contributed by atoms with Crippen LogP contribution in [0.1, 0.15) is 20.3 Å². The van der Waals surface area contributed by atoms with Crippen molar-refractivity contribution in [2.45, 2.75) is 26.3 Å². The first-order valence-corrected chi connectivity index (χ1v) is 12.9. The highest BCUT2D eigenvalue weighted by atomic mass is 32.2. The summed E-state index contributed by atoms with van der Waals surface area (Å²) in [6.45, 7) is 4.11. The predicted molar refractivity (Wildman–Crippen MR) is 130 cm³/mol. The van der Waals surface area contributed by atoms with Gasteiger partial charge >= 0.3 is 0 Å². The van der Waals surface area contributed by atoms with Crippen LogP contribution in [0.2, 0.25) is 0 Å². The molecule has 1 amide bonds. The van der Waals surface area contributed by atoms with Gasteiger partial charge in [-0.2, -0.15) is 0 Å². The van der Waals surface area contributed by atoms with Crippen molar-refractivity contribution in [3.8, 4) is 22.1 Å². The number of amides is 1. The molecular formula is C22H26N4O5S2. The molecule has 0 fully saturated rings. The standard InChI is InChI=1S/C22H26N4O5S2/c1-5-19(26(33(4,28)29)16-9-13-18(14-10-16)31-6-2)20(27)23-22-25-24-21(32-22)15-7-11-17(30-3)12-8-15/h7-14,19H,5-6H2,1-4H3,(H,23,25,27). The molecule has 176 valence electrons. The maximum atomic E-state index is 13.1. The number of ether oxygens (including phenoxy) is 2. The average molecular weight is 491 g/mol. The summed E-state index contributed by atoms with van der Waals surface area (Å²) in [5, 5.41) is 11.8. The number of nitrogens with zero attached hydrogens (tertiary/aromatic N) is 3. The van der Waals surface area contributed by atoms with Crippen LogP contribution in [-0.2, 0) is 14.8 Å². The molecule has 11 heteroatoms. The zero-order chi connectivity index (χ0) is 24.0. The summed E-state index contributed by atoms with van der Waals surface area (Å²) in [7, 11) is -2.16. The second kappa shape index (κ2) is 10.6. The van der Waals surface area contributed by atoms with E-state index in [2.05, 4.69) is 15.5 Å². The number of carbonyl (C=O) groups excluding carboxylic acids is 1. The SMILES string of the molecule is CCOc1ccc(N(C(CC)C(=O)Nc2nnc(-c3ccc(OC)cc3)s2)S(C)(=O)=O)cc1. The van der Waals surface area contributed by atoms with E-state index in [1.807, 2.05) is 31.2 Å². The maximum absolute atomic E-state index is 13.1. The second-order valence-corrected chi connectivity index (χ2v) is 9.88. The van der Waals surface area contributed by atoms with Crippen molar-refractivity contribution < 1.29 is 22.7 Å². The molecule has 0 radical (unpaired) electrons. The number of sulfonamides is 1. The quantitative estimate of drug-likeness (QED) is 0.460. The molecule has 0 bridgehead atoms. The second-order valence-electron chi connectivity index (χ2n) is 7.04. The van der Waals surface area contributed by atoms with E-state index in [4.69, 9.17) is 9.47 Å². The highest BCUT2D eigenvalue weighted by molar-refractivity contribution is 7.92. The van der Waals surface area contributed by atoms with Gasteiger partial charge in [0, 0.05) is 5.56 Å². The van der Waals surface area contributed by atoms with E-state index in [-0.39, 0.29) is 11.6 Å². The lowest BCUT2D eigenvalue weighted by Crippen LogP contribution is -2.47. The van der Waals surface area contributed by atoms with E-state index in [0.717, 1.165) is 21.9 Å². The number of benzene rings is 2. The molecule has 0 aliphatic carbocycles. The summed E-state index contributed by atoms with van der Waals surface area (Å²) in [5.74, 6) is 0.846. The summed E-state index contributed by atoms with van der Waals surface area (Å²) in [4.78, 5) is 13.1. The molecule has 0 saturated heterocycles. The van der Waals surface area contributed by atoms with Gasteiger partial charge in [0.1, 0.15) is 22.5 Å². The van der Waals surface area contributed by atoms with Crippen LogP contribution in [-0.4, -0.2) is 50.5 Å². The molecule has 33 heavy (non-hydrogen) atoms. The Bertz CT molecular complexity index is 1180. The molecule has 1 heterocycles. The third kappa shape index (κ3) is 5.99. The summed E-state index contributed by atoms with van der Waals surface area (Å²) in [6, 6.07) is 12.9. The van der Waals surface area contributed by atoms with Crippen molar-refractivity contribution in [2.75, 3.05) is 29.6 Å². The van der Waals surface area contributed by atoms with Crippen LogP contribution in [0.5, 0.6) is 11.5 Å². The van der Waals surface area contributed by atoms with E-state index in [0.29, 0.717) is 23.1 Å². The van der Waals surface area contributed by atoms with Crippen LogP contribution in [0.4, 0.5) is 10.8 Å². The van der Waals surface area contributed by atoms with Gasteiger partial charge in [0.25, 0.3) is 0 Å². The van der Waals surface area contributed by atoms with Crippen molar-refractivity contribution in [1.82, 2.24) is 10.2 Å². The van der Waals surface area contributed by atoms with Gasteiger partial charge in [-0.05, 0) is 61.9 Å². The molecule has 1 unspecified atom stereocenters. The lowest BCUT2D eigenvalue weighted by molar-refractivity contribution is -0.117. The van der Waals surface area contributed by atoms with Gasteiger partial charge in [0.2, 0.25) is 21.1 Å². The fraction of sp³-hybridized carbons (Fsp3) is 0.318. The number of aromatic nitrogens is 2. The third-order valence-electron chi connectivity index (χ3n) is 4.72. The Kier molecular flexibility index (Phi) is 7.88. The Hall–Kier alpha value is -3.18. The first kappa shape index (κ1) is 24.5. The van der Waals surface area contributed by atoms with Crippen LogP contribution < -0.4 is 19.1 Å². The van der Waals surface area contributed by atoms with Crippen molar-refractivity contribution >= 4 is 38.1 Å². The fourth-order valence-corrected chi connectivity index (χ4v) is 5.19. The van der Waals surface area contributed by atoms with Crippen molar-refractivity contribution in [1.29, 1.82) is 0 Å². The van der Waals surface area contributed by atoms with E-state index >= 15 is 0 Å². The zero-order valence-electron chi connectivity index (χ0n) is 18.8. The maximum Gasteiger partial charge on any atom is 0.250 e. The van der Waals surface area contributed by atoms with Gasteiger partial charge in [-0.1, -0.05) is 18.3 Å². The monoisotopic (exact) mass is 490 g/mol.